The highest BCUT2D eigenvalue weighted by Gasteiger charge is 2.06. The number of ketones is 1. The molecule has 1 N–H and O–H groups in total. The van der Waals surface area contributed by atoms with Crippen LogP contribution in [0, 0.1) is 0 Å². The first-order valence-electron chi connectivity index (χ1n) is 6.36. The fraction of sp³-hybridized carbons (Fsp3) is 0.118. The lowest BCUT2D eigenvalue weighted by atomic mass is 10.1. The van der Waals surface area contributed by atoms with Gasteiger partial charge < -0.3 is 10.0 Å². The topological polar surface area (TPSA) is 40.5 Å². The molecule has 0 saturated heterocycles. The predicted molar refractivity (Wildman–Crippen MR) is 82.2 cm³/mol. The molecule has 0 atom stereocenters. The van der Waals surface area contributed by atoms with Crippen LogP contribution in [0.2, 0.25) is 0 Å². The number of para-hydroxylation sites is 1. The van der Waals surface area contributed by atoms with Crippen molar-refractivity contribution in [2.45, 2.75) is 0 Å². The number of aromatic hydroxyl groups is 1. The Balaban J connectivity index is 2.19. The van der Waals surface area contributed by atoms with Gasteiger partial charge in [-0.3, -0.25) is 4.79 Å². The molecule has 20 heavy (non-hydrogen) atoms. The van der Waals surface area contributed by atoms with E-state index in [1.54, 1.807) is 24.3 Å². The second-order valence-corrected chi connectivity index (χ2v) is 4.70. The monoisotopic (exact) mass is 267 g/mol. The van der Waals surface area contributed by atoms with E-state index in [2.05, 4.69) is 0 Å². The minimum absolute atomic E-state index is 0.00388. The van der Waals surface area contributed by atoms with Crippen molar-refractivity contribution in [3.63, 3.8) is 0 Å². The fourth-order valence-electron chi connectivity index (χ4n) is 1.85. The second kappa shape index (κ2) is 6.06. The number of carbonyl (C=O) groups excluding carboxylic acids is 1. The molecule has 3 nitrogen and oxygen atoms in total. The second-order valence-electron chi connectivity index (χ2n) is 4.70. The predicted octanol–water partition coefficient (Wildman–Crippen LogP) is 3.35. The largest absolute Gasteiger partial charge is 0.507 e. The first-order chi connectivity index (χ1) is 9.58. The van der Waals surface area contributed by atoms with Gasteiger partial charge in [-0.05, 0) is 35.9 Å². The van der Waals surface area contributed by atoms with E-state index in [-0.39, 0.29) is 11.5 Å². The molecular formula is C17H17NO2. The average molecular weight is 267 g/mol. The highest BCUT2D eigenvalue weighted by atomic mass is 16.3. The minimum atomic E-state index is -0.210. The Hall–Kier alpha value is -2.55. The quantitative estimate of drug-likeness (QED) is 0.682. The zero-order chi connectivity index (χ0) is 14.5. The summed E-state index contributed by atoms with van der Waals surface area (Å²) < 4.78 is 0. The van der Waals surface area contributed by atoms with Gasteiger partial charge in [0, 0.05) is 19.8 Å². The van der Waals surface area contributed by atoms with Gasteiger partial charge in [0.2, 0.25) is 0 Å². The molecule has 0 aliphatic rings. The van der Waals surface area contributed by atoms with Gasteiger partial charge in [0.15, 0.2) is 5.78 Å². The number of hydrogen-bond donors (Lipinski definition) is 1. The van der Waals surface area contributed by atoms with Gasteiger partial charge >= 0.3 is 0 Å². The Morgan fingerprint density at radius 3 is 2.55 bits per heavy atom. The van der Waals surface area contributed by atoms with Gasteiger partial charge in [0.05, 0.1) is 5.56 Å². The molecule has 2 aromatic carbocycles. The minimum Gasteiger partial charge on any atom is -0.507 e. The van der Waals surface area contributed by atoms with E-state index in [1.807, 2.05) is 43.3 Å². The van der Waals surface area contributed by atoms with Crippen LogP contribution in [0.15, 0.2) is 54.6 Å². The molecule has 0 unspecified atom stereocenters. The van der Waals surface area contributed by atoms with Crippen LogP contribution in [0.25, 0.3) is 6.08 Å². The standard InChI is InChI=1S/C17H17NO2/c1-18(2)14-7-5-6-13(12-14)10-11-17(20)15-8-3-4-9-16(15)19/h3-12,19H,1-2H3. The number of anilines is 1. The lowest BCUT2D eigenvalue weighted by Gasteiger charge is -2.12. The maximum atomic E-state index is 12.0. The number of carbonyl (C=O) groups is 1. The molecule has 0 aromatic heterocycles. The van der Waals surface area contributed by atoms with Crippen LogP contribution >= 0.6 is 0 Å². The van der Waals surface area contributed by atoms with E-state index in [0.29, 0.717) is 5.56 Å². The van der Waals surface area contributed by atoms with Crippen molar-refractivity contribution in [1.29, 1.82) is 0 Å². The number of benzene rings is 2. The first-order valence-corrected chi connectivity index (χ1v) is 6.36. The highest BCUT2D eigenvalue weighted by Crippen LogP contribution is 2.18. The molecule has 0 bridgehead atoms. The molecule has 0 spiro atoms. The zero-order valence-electron chi connectivity index (χ0n) is 11.6. The van der Waals surface area contributed by atoms with Crippen molar-refractivity contribution in [3.8, 4) is 5.75 Å². The maximum Gasteiger partial charge on any atom is 0.189 e. The fourth-order valence-corrected chi connectivity index (χ4v) is 1.85. The summed E-state index contributed by atoms with van der Waals surface area (Å²) in [5.74, 6) is -0.206. The van der Waals surface area contributed by atoms with Gasteiger partial charge in [-0.25, -0.2) is 0 Å². The van der Waals surface area contributed by atoms with Crippen molar-refractivity contribution in [3.05, 3.63) is 65.7 Å². The Bertz CT molecular complexity index is 645. The van der Waals surface area contributed by atoms with Crippen LogP contribution in [0.5, 0.6) is 5.75 Å². The van der Waals surface area contributed by atoms with Crippen molar-refractivity contribution in [1.82, 2.24) is 0 Å². The van der Waals surface area contributed by atoms with Crippen molar-refractivity contribution in [2.24, 2.45) is 0 Å². The summed E-state index contributed by atoms with van der Waals surface area (Å²) in [6.07, 6.45) is 3.23. The summed E-state index contributed by atoms with van der Waals surface area (Å²) in [5.41, 5.74) is 2.33. The summed E-state index contributed by atoms with van der Waals surface area (Å²) in [5, 5.41) is 9.63. The summed E-state index contributed by atoms with van der Waals surface area (Å²) in [6, 6.07) is 14.4. The van der Waals surface area contributed by atoms with Crippen LogP contribution in [0.4, 0.5) is 5.69 Å². The van der Waals surface area contributed by atoms with Gasteiger partial charge in [0.1, 0.15) is 5.75 Å². The Labute approximate surface area is 118 Å². The summed E-state index contributed by atoms with van der Waals surface area (Å²) in [6.45, 7) is 0. The molecule has 0 heterocycles. The molecule has 0 saturated carbocycles. The van der Waals surface area contributed by atoms with Crippen LogP contribution < -0.4 is 4.90 Å². The van der Waals surface area contributed by atoms with Crippen LogP contribution in [0.3, 0.4) is 0 Å². The van der Waals surface area contributed by atoms with Crippen LogP contribution in [0.1, 0.15) is 15.9 Å². The van der Waals surface area contributed by atoms with Gasteiger partial charge in [-0.1, -0.05) is 30.3 Å². The molecule has 0 fully saturated rings. The number of rotatable bonds is 4. The van der Waals surface area contributed by atoms with Gasteiger partial charge in [-0.15, -0.1) is 0 Å². The average Bonchev–Trinajstić information content (AvgIpc) is 2.45. The van der Waals surface area contributed by atoms with E-state index in [9.17, 15) is 9.90 Å². The molecule has 102 valence electrons. The van der Waals surface area contributed by atoms with Crippen LogP contribution in [-0.2, 0) is 0 Å². The third kappa shape index (κ3) is 3.26. The molecule has 2 rings (SSSR count). The lowest BCUT2D eigenvalue weighted by molar-refractivity contribution is 0.104. The van der Waals surface area contributed by atoms with E-state index in [0.717, 1.165) is 11.3 Å². The molecule has 0 aliphatic heterocycles. The molecule has 0 amide bonds. The van der Waals surface area contributed by atoms with Gasteiger partial charge in [0.25, 0.3) is 0 Å². The Kier molecular flexibility index (Phi) is 4.20. The zero-order valence-corrected chi connectivity index (χ0v) is 11.6. The smallest absolute Gasteiger partial charge is 0.189 e. The molecular weight excluding hydrogens is 250 g/mol. The third-order valence-corrected chi connectivity index (χ3v) is 2.98. The number of nitrogens with zero attached hydrogens (tertiary/aromatic N) is 1. The van der Waals surface area contributed by atoms with E-state index >= 15 is 0 Å². The summed E-state index contributed by atoms with van der Waals surface area (Å²) in [4.78, 5) is 14.0. The molecule has 2 aromatic rings. The molecule has 0 radical (unpaired) electrons. The lowest BCUT2D eigenvalue weighted by Crippen LogP contribution is -2.08. The SMILES string of the molecule is CN(C)c1cccc(C=CC(=O)c2ccccc2O)c1. The molecule has 3 heteroatoms. The van der Waals surface area contributed by atoms with E-state index < -0.39 is 0 Å². The van der Waals surface area contributed by atoms with Crippen molar-refractivity contribution >= 4 is 17.5 Å². The summed E-state index contributed by atoms with van der Waals surface area (Å²) >= 11 is 0. The Morgan fingerprint density at radius 2 is 1.85 bits per heavy atom. The summed E-state index contributed by atoms with van der Waals surface area (Å²) in [7, 11) is 3.94. The normalized spacial score (nSPS) is 10.7. The van der Waals surface area contributed by atoms with Crippen molar-refractivity contribution in [2.75, 3.05) is 19.0 Å². The number of hydrogen-bond acceptors (Lipinski definition) is 3. The number of allylic oxidation sites excluding steroid dienone is 1. The van der Waals surface area contributed by atoms with Crippen molar-refractivity contribution < 1.29 is 9.90 Å². The highest BCUT2D eigenvalue weighted by molar-refractivity contribution is 6.08. The maximum absolute atomic E-state index is 12.0. The number of phenols is 1. The van der Waals surface area contributed by atoms with Crippen LogP contribution in [-0.4, -0.2) is 25.0 Å². The first kappa shape index (κ1) is 13.9. The Morgan fingerprint density at radius 1 is 1.10 bits per heavy atom. The molecule has 0 aliphatic carbocycles. The van der Waals surface area contributed by atoms with E-state index in [4.69, 9.17) is 0 Å². The van der Waals surface area contributed by atoms with E-state index in [1.165, 1.54) is 12.1 Å². The van der Waals surface area contributed by atoms with Gasteiger partial charge in [-0.2, -0.15) is 0 Å². The number of phenolic OH excluding ortho intramolecular Hbond substituents is 1. The third-order valence-electron chi connectivity index (χ3n) is 2.98.